The van der Waals surface area contributed by atoms with Crippen LogP contribution in [0, 0.1) is 11.3 Å². The molecular formula is C25H24N4O6S2. The van der Waals surface area contributed by atoms with E-state index in [0.717, 1.165) is 17.6 Å². The predicted octanol–water partition coefficient (Wildman–Crippen LogP) is 3.68. The lowest BCUT2D eigenvalue weighted by Gasteiger charge is -2.13. The van der Waals surface area contributed by atoms with Crippen LogP contribution in [-0.4, -0.2) is 50.3 Å². The fraction of sp³-hybridized carbons (Fsp3) is 0.200. The monoisotopic (exact) mass is 540 g/mol. The average Bonchev–Trinajstić information content (AvgIpc) is 3.35. The number of methoxy groups -OCH3 is 1. The number of hydrogen-bond donors (Lipinski definition) is 1. The number of hydrogen-bond acceptors (Lipinski definition) is 10. The van der Waals surface area contributed by atoms with Gasteiger partial charge in [-0.15, -0.1) is 6.58 Å². The summed E-state index contributed by atoms with van der Waals surface area (Å²) in [5.74, 6) is 0.877. The van der Waals surface area contributed by atoms with Crippen molar-refractivity contribution in [1.29, 1.82) is 5.26 Å². The standard InChI is InChI=1S/C25H24N4O6S2/c1-4-7-18-8-5-6-9-20(18)34-12-13-35-21-11-10-17(15-22(21)33-2)14-19(16-26)23(30)27-24-28-25(29-36-24)37(3,31)32/h4-6,8-11,14-15H,1,7,12-13H2,2-3H3,(H,27,28,29,30). The first-order valence-corrected chi connectivity index (χ1v) is 13.5. The number of para-hydroxylation sites is 1. The number of ether oxygens (including phenoxy) is 3. The Bertz CT molecular complexity index is 1460. The molecule has 3 rings (SSSR count). The van der Waals surface area contributed by atoms with Gasteiger partial charge in [-0.05, 0) is 41.8 Å². The molecule has 0 saturated heterocycles. The van der Waals surface area contributed by atoms with E-state index < -0.39 is 20.9 Å². The van der Waals surface area contributed by atoms with Crippen molar-refractivity contribution in [1.82, 2.24) is 9.36 Å². The Hall–Kier alpha value is -4.21. The number of anilines is 1. The first kappa shape index (κ1) is 27.4. The number of nitriles is 1. The van der Waals surface area contributed by atoms with Crippen molar-refractivity contribution in [2.45, 2.75) is 11.6 Å². The Kier molecular flexibility index (Phi) is 9.37. The smallest absolute Gasteiger partial charge is 0.268 e. The first-order chi connectivity index (χ1) is 17.7. The highest BCUT2D eigenvalue weighted by Crippen LogP contribution is 2.29. The molecule has 0 aliphatic heterocycles. The van der Waals surface area contributed by atoms with Crippen molar-refractivity contribution in [3.05, 3.63) is 71.8 Å². The van der Waals surface area contributed by atoms with Gasteiger partial charge < -0.3 is 14.2 Å². The molecule has 0 spiro atoms. The van der Waals surface area contributed by atoms with Crippen LogP contribution in [0.2, 0.25) is 0 Å². The van der Waals surface area contributed by atoms with Gasteiger partial charge in [0, 0.05) is 17.8 Å². The summed E-state index contributed by atoms with van der Waals surface area (Å²) in [5, 5.41) is 11.4. The van der Waals surface area contributed by atoms with E-state index in [-0.39, 0.29) is 17.3 Å². The molecule has 0 saturated carbocycles. The number of nitrogens with one attached hydrogen (secondary N) is 1. The Morgan fingerprint density at radius 2 is 1.89 bits per heavy atom. The predicted molar refractivity (Wildman–Crippen MR) is 140 cm³/mol. The van der Waals surface area contributed by atoms with Gasteiger partial charge in [-0.25, -0.2) is 8.42 Å². The van der Waals surface area contributed by atoms with Gasteiger partial charge in [0.25, 0.3) is 11.1 Å². The molecule has 1 amide bonds. The van der Waals surface area contributed by atoms with E-state index in [2.05, 4.69) is 21.3 Å². The van der Waals surface area contributed by atoms with E-state index >= 15 is 0 Å². The molecule has 1 N–H and O–H groups in total. The third-order valence-corrected chi connectivity index (χ3v) is 6.35. The zero-order chi connectivity index (χ0) is 26.8. The van der Waals surface area contributed by atoms with E-state index in [0.29, 0.717) is 41.6 Å². The molecule has 0 unspecified atom stereocenters. The van der Waals surface area contributed by atoms with Crippen molar-refractivity contribution in [2.24, 2.45) is 0 Å². The molecule has 0 atom stereocenters. The van der Waals surface area contributed by atoms with Crippen molar-refractivity contribution in [3.8, 4) is 23.3 Å². The second kappa shape index (κ2) is 12.7. The quantitative estimate of drug-likeness (QED) is 0.158. The van der Waals surface area contributed by atoms with E-state index in [4.69, 9.17) is 14.2 Å². The lowest BCUT2D eigenvalue weighted by atomic mass is 10.1. The summed E-state index contributed by atoms with van der Waals surface area (Å²) >= 11 is 0.698. The Balaban J connectivity index is 1.64. The minimum atomic E-state index is -3.61. The summed E-state index contributed by atoms with van der Waals surface area (Å²) in [6.07, 6.45) is 4.83. The lowest BCUT2D eigenvalue weighted by Crippen LogP contribution is -2.13. The van der Waals surface area contributed by atoms with Gasteiger partial charge >= 0.3 is 0 Å². The van der Waals surface area contributed by atoms with Crippen LogP contribution in [0.25, 0.3) is 6.08 Å². The van der Waals surface area contributed by atoms with E-state index in [1.807, 2.05) is 36.4 Å². The van der Waals surface area contributed by atoms with Crippen LogP contribution in [0.5, 0.6) is 17.2 Å². The van der Waals surface area contributed by atoms with Crippen LogP contribution in [0.15, 0.2) is 65.8 Å². The molecule has 3 aromatic rings. The van der Waals surface area contributed by atoms with Crippen molar-refractivity contribution < 1.29 is 27.4 Å². The van der Waals surface area contributed by atoms with Gasteiger partial charge in [0.05, 0.1) is 7.11 Å². The van der Waals surface area contributed by atoms with Crippen LogP contribution >= 0.6 is 11.5 Å². The molecule has 192 valence electrons. The number of nitrogens with zero attached hydrogens (tertiary/aromatic N) is 3. The number of aromatic nitrogens is 2. The van der Waals surface area contributed by atoms with Crippen LogP contribution in [0.3, 0.4) is 0 Å². The third-order valence-electron chi connectivity index (χ3n) is 4.76. The summed E-state index contributed by atoms with van der Waals surface area (Å²) < 4.78 is 43.7. The molecule has 0 bridgehead atoms. The van der Waals surface area contributed by atoms with Crippen LogP contribution in [0.1, 0.15) is 11.1 Å². The highest BCUT2D eigenvalue weighted by molar-refractivity contribution is 7.90. The first-order valence-electron chi connectivity index (χ1n) is 10.8. The largest absolute Gasteiger partial charge is 0.493 e. The zero-order valence-electron chi connectivity index (χ0n) is 20.1. The van der Waals surface area contributed by atoms with E-state index in [1.165, 1.54) is 13.2 Å². The minimum absolute atomic E-state index is 0.0396. The fourth-order valence-electron chi connectivity index (χ4n) is 3.06. The third kappa shape index (κ3) is 7.63. The van der Waals surface area contributed by atoms with Gasteiger partial charge in [0.15, 0.2) is 11.5 Å². The summed E-state index contributed by atoms with van der Waals surface area (Å²) in [4.78, 5) is 16.2. The van der Waals surface area contributed by atoms with E-state index in [1.54, 1.807) is 18.2 Å². The highest BCUT2D eigenvalue weighted by atomic mass is 32.2. The average molecular weight is 541 g/mol. The number of benzene rings is 2. The van der Waals surface area contributed by atoms with Crippen molar-refractivity contribution in [2.75, 3.05) is 31.9 Å². The maximum absolute atomic E-state index is 12.5. The van der Waals surface area contributed by atoms with Gasteiger partial charge in [0.1, 0.15) is 30.6 Å². The number of carbonyl (C=O) groups excluding carboxylic acids is 1. The molecule has 37 heavy (non-hydrogen) atoms. The second-order valence-corrected chi connectivity index (χ2v) is 10.1. The molecule has 0 fully saturated rings. The van der Waals surface area contributed by atoms with E-state index in [9.17, 15) is 18.5 Å². The van der Waals surface area contributed by atoms with Crippen LogP contribution in [0.4, 0.5) is 5.13 Å². The number of carbonyl (C=O) groups is 1. The SMILES string of the molecule is C=CCc1ccccc1OCCOc1ccc(C=C(C#N)C(=O)Nc2nc(S(C)(=O)=O)ns2)cc1OC. The highest BCUT2D eigenvalue weighted by Gasteiger charge is 2.18. The molecule has 12 heteroatoms. The van der Waals surface area contributed by atoms with Gasteiger partial charge in [-0.2, -0.15) is 14.6 Å². The molecule has 10 nitrogen and oxygen atoms in total. The van der Waals surface area contributed by atoms with Gasteiger partial charge in [-0.1, -0.05) is 30.3 Å². The zero-order valence-corrected chi connectivity index (χ0v) is 21.8. The topological polar surface area (TPSA) is 140 Å². The molecule has 0 aliphatic rings. The summed E-state index contributed by atoms with van der Waals surface area (Å²) in [6.45, 7) is 4.33. The summed E-state index contributed by atoms with van der Waals surface area (Å²) in [7, 11) is -2.13. The second-order valence-electron chi connectivity index (χ2n) is 7.49. The van der Waals surface area contributed by atoms with Crippen LogP contribution in [-0.2, 0) is 21.1 Å². The number of amides is 1. The summed E-state index contributed by atoms with van der Waals surface area (Å²) in [5.41, 5.74) is 1.32. The molecule has 2 aromatic carbocycles. The molecule has 0 radical (unpaired) electrons. The van der Waals surface area contributed by atoms with Gasteiger partial charge in [-0.3, -0.25) is 10.1 Å². The molecular weight excluding hydrogens is 516 g/mol. The van der Waals surface area contributed by atoms with Crippen molar-refractivity contribution in [3.63, 3.8) is 0 Å². The lowest BCUT2D eigenvalue weighted by molar-refractivity contribution is -0.112. The number of allylic oxidation sites excluding steroid dienone is 1. The van der Waals surface area contributed by atoms with Crippen LogP contribution < -0.4 is 19.5 Å². The maximum Gasteiger partial charge on any atom is 0.268 e. The molecule has 1 aromatic heterocycles. The summed E-state index contributed by atoms with van der Waals surface area (Å²) in [6, 6.07) is 14.5. The Morgan fingerprint density at radius 1 is 1.16 bits per heavy atom. The molecule has 1 heterocycles. The Labute approximate surface area is 218 Å². The number of rotatable bonds is 12. The van der Waals surface area contributed by atoms with Gasteiger partial charge in [0.2, 0.25) is 15.0 Å². The minimum Gasteiger partial charge on any atom is -0.493 e. The number of sulfone groups is 1. The Morgan fingerprint density at radius 3 is 2.54 bits per heavy atom. The van der Waals surface area contributed by atoms with Crippen molar-refractivity contribution >= 4 is 38.5 Å². The maximum atomic E-state index is 12.5. The molecule has 0 aliphatic carbocycles. The fourth-order valence-corrected chi connectivity index (χ4v) is 4.50. The normalized spacial score (nSPS) is 11.3.